The van der Waals surface area contributed by atoms with Crippen molar-refractivity contribution in [3.8, 4) is 0 Å². The summed E-state index contributed by atoms with van der Waals surface area (Å²) in [4.78, 5) is 23.0. The summed E-state index contributed by atoms with van der Waals surface area (Å²) in [6, 6.07) is 8.24. The molecule has 1 amide bonds. The summed E-state index contributed by atoms with van der Waals surface area (Å²) in [6.07, 6.45) is 0.915. The summed E-state index contributed by atoms with van der Waals surface area (Å²) in [5.41, 5.74) is 1.73. The first kappa shape index (κ1) is 25.9. The van der Waals surface area contributed by atoms with Crippen LogP contribution in [0.1, 0.15) is 38.3 Å². The van der Waals surface area contributed by atoms with Gasteiger partial charge in [-0.3, -0.25) is 4.99 Å². The number of amides is 1. The van der Waals surface area contributed by atoms with Gasteiger partial charge in [0.25, 0.3) is 0 Å². The van der Waals surface area contributed by atoms with Gasteiger partial charge in [-0.05, 0) is 58.5 Å². The predicted octanol–water partition coefficient (Wildman–Crippen LogP) is 2.36. The van der Waals surface area contributed by atoms with E-state index >= 15 is 0 Å². The number of hydrogen-bond donors (Lipinski definition) is 2. The molecule has 0 saturated carbocycles. The number of likely N-dealkylation sites (N-methyl/N-ethyl adjacent to an activating group) is 1. The fourth-order valence-corrected chi connectivity index (χ4v) is 3.50. The molecule has 0 radical (unpaired) electrons. The Labute approximate surface area is 194 Å². The van der Waals surface area contributed by atoms with Crippen LogP contribution in [0.5, 0.6) is 0 Å². The summed E-state index contributed by atoms with van der Waals surface area (Å²) in [5.74, 6) is 0.811. The highest BCUT2D eigenvalue weighted by atomic mass is 16.6. The van der Waals surface area contributed by atoms with E-state index in [1.54, 1.807) is 19.0 Å². The molecule has 1 aliphatic heterocycles. The van der Waals surface area contributed by atoms with E-state index in [0.29, 0.717) is 13.1 Å². The van der Waals surface area contributed by atoms with Crippen molar-refractivity contribution in [1.29, 1.82) is 0 Å². The third kappa shape index (κ3) is 9.87. The largest absolute Gasteiger partial charge is 0.444 e. The van der Waals surface area contributed by atoms with Gasteiger partial charge < -0.3 is 30.1 Å². The van der Waals surface area contributed by atoms with Crippen molar-refractivity contribution in [2.24, 2.45) is 4.99 Å². The van der Waals surface area contributed by atoms with Crippen LogP contribution in [0.3, 0.4) is 0 Å². The topological polar surface area (TPSA) is 72.4 Å². The smallest absolute Gasteiger partial charge is 0.410 e. The van der Waals surface area contributed by atoms with Gasteiger partial charge in [0.1, 0.15) is 5.60 Å². The Morgan fingerprint density at radius 1 is 1.09 bits per heavy atom. The van der Waals surface area contributed by atoms with Crippen LogP contribution in [-0.2, 0) is 17.8 Å². The minimum absolute atomic E-state index is 0.315. The van der Waals surface area contributed by atoms with Crippen LogP contribution < -0.4 is 10.6 Å². The fourth-order valence-electron chi connectivity index (χ4n) is 3.50. The summed E-state index contributed by atoms with van der Waals surface area (Å²) in [7, 11) is 5.74. The first-order valence-corrected chi connectivity index (χ1v) is 11.5. The van der Waals surface area contributed by atoms with E-state index in [1.807, 2.05) is 32.9 Å². The molecule has 0 aliphatic carbocycles. The van der Waals surface area contributed by atoms with Crippen molar-refractivity contribution in [3.05, 3.63) is 35.4 Å². The molecule has 180 valence electrons. The third-order valence-electron chi connectivity index (χ3n) is 5.36. The number of rotatable bonds is 7. The van der Waals surface area contributed by atoms with Crippen LogP contribution in [0.4, 0.5) is 4.79 Å². The molecule has 0 aromatic heterocycles. The van der Waals surface area contributed by atoms with Crippen molar-refractivity contribution in [3.63, 3.8) is 0 Å². The van der Waals surface area contributed by atoms with Crippen LogP contribution >= 0.6 is 0 Å². The average Bonchev–Trinajstić information content (AvgIpc) is 2.94. The lowest BCUT2D eigenvalue weighted by atomic mass is 10.1. The van der Waals surface area contributed by atoms with E-state index in [9.17, 15) is 4.79 Å². The highest BCUT2D eigenvalue weighted by Crippen LogP contribution is 2.12. The Balaban J connectivity index is 1.72. The van der Waals surface area contributed by atoms with E-state index in [1.165, 1.54) is 13.0 Å². The normalized spacial score (nSPS) is 16.4. The van der Waals surface area contributed by atoms with Crippen LogP contribution in [0.15, 0.2) is 29.3 Å². The molecule has 0 spiro atoms. The highest BCUT2D eigenvalue weighted by molar-refractivity contribution is 5.79. The molecular formula is C24H42N6O2. The van der Waals surface area contributed by atoms with E-state index in [2.05, 4.69) is 44.6 Å². The number of guanidine groups is 1. The van der Waals surface area contributed by atoms with Gasteiger partial charge in [-0.15, -0.1) is 0 Å². The summed E-state index contributed by atoms with van der Waals surface area (Å²) in [5, 5.41) is 6.79. The van der Waals surface area contributed by atoms with Gasteiger partial charge in [-0.25, -0.2) is 4.79 Å². The quantitative estimate of drug-likeness (QED) is 0.495. The Morgan fingerprint density at radius 3 is 2.44 bits per heavy atom. The van der Waals surface area contributed by atoms with Gasteiger partial charge in [0, 0.05) is 53.4 Å². The molecule has 1 fully saturated rings. The van der Waals surface area contributed by atoms with E-state index in [0.717, 1.165) is 49.8 Å². The lowest BCUT2D eigenvalue weighted by Gasteiger charge is -2.24. The van der Waals surface area contributed by atoms with Crippen molar-refractivity contribution in [2.45, 2.75) is 45.9 Å². The minimum atomic E-state index is -0.489. The number of carbonyl (C=O) groups is 1. The van der Waals surface area contributed by atoms with Gasteiger partial charge in [0.05, 0.1) is 0 Å². The molecule has 1 saturated heterocycles. The summed E-state index contributed by atoms with van der Waals surface area (Å²) < 4.78 is 5.41. The number of nitrogens with zero attached hydrogens (tertiary/aromatic N) is 4. The van der Waals surface area contributed by atoms with Gasteiger partial charge in [0.2, 0.25) is 0 Å². The SMILES string of the molecule is CN=C(NCCN1CCCN(C)CC1)NCc1ccc(CN(C)C(=O)OC(C)(C)C)cc1. The van der Waals surface area contributed by atoms with Gasteiger partial charge in [-0.1, -0.05) is 24.3 Å². The first-order valence-electron chi connectivity index (χ1n) is 11.5. The molecule has 8 heteroatoms. The standard InChI is InChI=1S/C24H42N6O2/c1-24(2,3)32-23(31)29(6)19-21-10-8-20(9-11-21)18-27-22(25-4)26-12-15-30-14-7-13-28(5)16-17-30/h8-11H,7,12-19H2,1-6H3,(H2,25,26,27). The maximum Gasteiger partial charge on any atom is 0.410 e. The Hall–Kier alpha value is -2.32. The van der Waals surface area contributed by atoms with Crippen molar-refractivity contribution >= 4 is 12.1 Å². The lowest BCUT2D eigenvalue weighted by molar-refractivity contribution is 0.0285. The van der Waals surface area contributed by atoms with E-state index in [-0.39, 0.29) is 6.09 Å². The van der Waals surface area contributed by atoms with Crippen LogP contribution in [0.25, 0.3) is 0 Å². The van der Waals surface area contributed by atoms with E-state index in [4.69, 9.17) is 4.74 Å². The molecule has 2 N–H and O–H groups in total. The second-order valence-corrected chi connectivity index (χ2v) is 9.50. The van der Waals surface area contributed by atoms with Gasteiger partial charge >= 0.3 is 6.09 Å². The molecule has 0 bridgehead atoms. The zero-order valence-electron chi connectivity index (χ0n) is 20.8. The Morgan fingerprint density at radius 2 is 1.78 bits per heavy atom. The average molecular weight is 447 g/mol. The Bertz CT molecular complexity index is 729. The highest BCUT2D eigenvalue weighted by Gasteiger charge is 2.19. The minimum Gasteiger partial charge on any atom is -0.444 e. The summed E-state index contributed by atoms with van der Waals surface area (Å²) in [6.45, 7) is 13.3. The second kappa shape index (κ2) is 12.6. The molecular weight excluding hydrogens is 404 g/mol. The Kier molecular flexibility index (Phi) is 10.3. The molecule has 1 aliphatic rings. The molecule has 1 aromatic rings. The predicted molar refractivity (Wildman–Crippen MR) is 131 cm³/mol. The summed E-state index contributed by atoms with van der Waals surface area (Å²) >= 11 is 0. The van der Waals surface area contributed by atoms with Gasteiger partial charge in [0.15, 0.2) is 5.96 Å². The monoisotopic (exact) mass is 446 g/mol. The lowest BCUT2D eigenvalue weighted by Crippen LogP contribution is -2.42. The van der Waals surface area contributed by atoms with Crippen molar-refractivity contribution < 1.29 is 9.53 Å². The third-order valence-corrected chi connectivity index (χ3v) is 5.36. The molecule has 1 aromatic carbocycles. The van der Waals surface area contributed by atoms with Crippen molar-refractivity contribution in [2.75, 3.05) is 60.4 Å². The molecule has 0 atom stereocenters. The first-order chi connectivity index (χ1) is 15.2. The molecule has 8 nitrogen and oxygen atoms in total. The zero-order valence-corrected chi connectivity index (χ0v) is 20.8. The van der Waals surface area contributed by atoms with Crippen LogP contribution in [-0.4, -0.2) is 92.8 Å². The molecule has 1 heterocycles. The maximum absolute atomic E-state index is 12.1. The number of aliphatic imine (C=N–C) groups is 1. The van der Waals surface area contributed by atoms with Crippen LogP contribution in [0, 0.1) is 0 Å². The molecule has 0 unspecified atom stereocenters. The number of carbonyl (C=O) groups excluding carboxylic acids is 1. The van der Waals surface area contributed by atoms with Crippen LogP contribution in [0.2, 0.25) is 0 Å². The van der Waals surface area contributed by atoms with Crippen molar-refractivity contribution in [1.82, 2.24) is 25.3 Å². The number of benzene rings is 1. The maximum atomic E-state index is 12.1. The van der Waals surface area contributed by atoms with Gasteiger partial charge in [-0.2, -0.15) is 0 Å². The number of ether oxygens (including phenoxy) is 1. The molecule has 32 heavy (non-hydrogen) atoms. The fraction of sp³-hybridized carbons (Fsp3) is 0.667. The molecule has 2 rings (SSSR count). The second-order valence-electron chi connectivity index (χ2n) is 9.50. The number of hydrogen-bond acceptors (Lipinski definition) is 5. The zero-order chi connectivity index (χ0) is 23.6. The van der Waals surface area contributed by atoms with E-state index < -0.39 is 5.60 Å². The number of nitrogens with one attached hydrogen (secondary N) is 2.